The van der Waals surface area contributed by atoms with Gasteiger partial charge < -0.3 is 15.4 Å². The normalized spacial score (nSPS) is 10.5. The first kappa shape index (κ1) is 9.73. The Morgan fingerprint density at radius 3 is 3.00 bits per heavy atom. The zero-order chi connectivity index (χ0) is 10.7. The van der Waals surface area contributed by atoms with Gasteiger partial charge in [-0.25, -0.2) is 4.98 Å². The number of hydrogen-bond donors (Lipinski definition) is 2. The van der Waals surface area contributed by atoms with Crippen molar-refractivity contribution in [1.82, 2.24) is 9.55 Å². The highest BCUT2D eigenvalue weighted by molar-refractivity contribution is 5.27. The van der Waals surface area contributed by atoms with Gasteiger partial charge in [0.15, 0.2) is 0 Å². The van der Waals surface area contributed by atoms with Crippen LogP contribution in [0.15, 0.2) is 36.7 Å². The van der Waals surface area contributed by atoms with Crippen LogP contribution < -0.4 is 5.73 Å². The SMILES string of the molecule is NCc1nccn1Cc1cccc(O)c1. The standard InChI is InChI=1S/C11H13N3O/c12-7-11-13-4-5-14(11)8-9-2-1-3-10(15)6-9/h1-6,15H,7-8,12H2. The van der Waals surface area contributed by atoms with Gasteiger partial charge in [0, 0.05) is 18.9 Å². The van der Waals surface area contributed by atoms with Gasteiger partial charge in [0.1, 0.15) is 11.6 Å². The van der Waals surface area contributed by atoms with Crippen molar-refractivity contribution in [2.45, 2.75) is 13.1 Å². The molecule has 0 aliphatic carbocycles. The molecular weight excluding hydrogens is 190 g/mol. The van der Waals surface area contributed by atoms with E-state index in [1.54, 1.807) is 18.3 Å². The summed E-state index contributed by atoms with van der Waals surface area (Å²) in [6, 6.07) is 7.17. The monoisotopic (exact) mass is 203 g/mol. The van der Waals surface area contributed by atoms with Gasteiger partial charge in [-0.05, 0) is 17.7 Å². The third-order valence-electron chi connectivity index (χ3n) is 2.25. The lowest BCUT2D eigenvalue weighted by Gasteiger charge is -2.06. The lowest BCUT2D eigenvalue weighted by molar-refractivity contribution is 0.474. The number of phenolic OH excluding ortho intramolecular Hbond substituents is 1. The summed E-state index contributed by atoms with van der Waals surface area (Å²) in [5.41, 5.74) is 6.58. The fourth-order valence-electron chi connectivity index (χ4n) is 1.53. The van der Waals surface area contributed by atoms with Crippen molar-refractivity contribution in [2.24, 2.45) is 5.73 Å². The molecule has 1 aromatic carbocycles. The second kappa shape index (κ2) is 4.14. The summed E-state index contributed by atoms with van der Waals surface area (Å²) >= 11 is 0. The van der Waals surface area contributed by atoms with Gasteiger partial charge in [0.25, 0.3) is 0 Å². The van der Waals surface area contributed by atoms with Crippen LogP contribution in [0.4, 0.5) is 0 Å². The molecule has 0 atom stereocenters. The molecule has 0 fully saturated rings. The van der Waals surface area contributed by atoms with Gasteiger partial charge in [-0.3, -0.25) is 0 Å². The van der Waals surface area contributed by atoms with Crippen molar-refractivity contribution in [2.75, 3.05) is 0 Å². The zero-order valence-electron chi connectivity index (χ0n) is 8.30. The number of aromatic nitrogens is 2. The van der Waals surface area contributed by atoms with Crippen molar-refractivity contribution in [3.05, 3.63) is 48.0 Å². The Bertz CT molecular complexity index is 451. The minimum absolute atomic E-state index is 0.280. The zero-order valence-corrected chi connectivity index (χ0v) is 8.30. The number of aromatic hydroxyl groups is 1. The highest BCUT2D eigenvalue weighted by Crippen LogP contribution is 2.12. The van der Waals surface area contributed by atoms with E-state index in [0.717, 1.165) is 11.4 Å². The van der Waals surface area contributed by atoms with E-state index >= 15 is 0 Å². The average Bonchev–Trinajstić information content (AvgIpc) is 2.65. The van der Waals surface area contributed by atoms with Crippen LogP contribution in [-0.2, 0) is 13.1 Å². The quantitative estimate of drug-likeness (QED) is 0.785. The summed E-state index contributed by atoms with van der Waals surface area (Å²) in [6.07, 6.45) is 3.61. The van der Waals surface area contributed by atoms with Gasteiger partial charge >= 0.3 is 0 Å². The fourth-order valence-corrected chi connectivity index (χ4v) is 1.53. The van der Waals surface area contributed by atoms with E-state index in [1.807, 2.05) is 22.9 Å². The molecule has 4 nitrogen and oxygen atoms in total. The molecule has 2 rings (SSSR count). The minimum atomic E-state index is 0.280. The molecule has 4 heteroatoms. The Morgan fingerprint density at radius 2 is 2.27 bits per heavy atom. The Labute approximate surface area is 88.0 Å². The van der Waals surface area contributed by atoms with E-state index in [0.29, 0.717) is 13.1 Å². The van der Waals surface area contributed by atoms with Gasteiger partial charge in [-0.15, -0.1) is 0 Å². The molecule has 15 heavy (non-hydrogen) atoms. The van der Waals surface area contributed by atoms with E-state index in [9.17, 15) is 5.11 Å². The first-order valence-corrected chi connectivity index (χ1v) is 4.77. The molecule has 0 spiro atoms. The van der Waals surface area contributed by atoms with E-state index in [2.05, 4.69) is 4.98 Å². The van der Waals surface area contributed by atoms with Crippen LogP contribution in [0.25, 0.3) is 0 Å². The number of phenols is 1. The summed E-state index contributed by atoms with van der Waals surface area (Å²) in [5.74, 6) is 1.13. The van der Waals surface area contributed by atoms with Crippen LogP contribution in [0, 0.1) is 0 Å². The largest absolute Gasteiger partial charge is 0.508 e. The van der Waals surface area contributed by atoms with Crippen LogP contribution in [0.3, 0.4) is 0 Å². The molecule has 0 aliphatic heterocycles. The predicted molar refractivity (Wildman–Crippen MR) is 57.3 cm³/mol. The van der Waals surface area contributed by atoms with E-state index in [-0.39, 0.29) is 5.75 Å². The summed E-state index contributed by atoms with van der Waals surface area (Å²) in [7, 11) is 0. The number of imidazole rings is 1. The Kier molecular flexibility index (Phi) is 2.69. The third kappa shape index (κ3) is 2.16. The molecule has 1 heterocycles. The second-order valence-electron chi connectivity index (χ2n) is 3.35. The van der Waals surface area contributed by atoms with Gasteiger partial charge in [0.2, 0.25) is 0 Å². The van der Waals surface area contributed by atoms with Crippen LogP contribution in [0.5, 0.6) is 5.75 Å². The van der Waals surface area contributed by atoms with Crippen LogP contribution in [-0.4, -0.2) is 14.7 Å². The van der Waals surface area contributed by atoms with E-state index in [4.69, 9.17) is 5.73 Å². The molecule has 0 saturated carbocycles. The molecule has 3 N–H and O–H groups in total. The summed E-state index contributed by atoms with van der Waals surface area (Å²) in [5, 5.41) is 9.32. The smallest absolute Gasteiger partial charge is 0.122 e. The molecule has 0 bridgehead atoms. The van der Waals surface area contributed by atoms with Crippen LogP contribution >= 0.6 is 0 Å². The Hall–Kier alpha value is -1.81. The van der Waals surface area contributed by atoms with Gasteiger partial charge in [-0.2, -0.15) is 0 Å². The highest BCUT2D eigenvalue weighted by atomic mass is 16.3. The Balaban J connectivity index is 2.22. The molecular formula is C11H13N3O. The van der Waals surface area contributed by atoms with Gasteiger partial charge in [-0.1, -0.05) is 12.1 Å². The first-order valence-electron chi connectivity index (χ1n) is 4.77. The molecule has 0 saturated heterocycles. The van der Waals surface area contributed by atoms with Crippen LogP contribution in [0.1, 0.15) is 11.4 Å². The first-order chi connectivity index (χ1) is 7.29. The minimum Gasteiger partial charge on any atom is -0.508 e. The third-order valence-corrected chi connectivity index (χ3v) is 2.25. The van der Waals surface area contributed by atoms with Crippen LogP contribution in [0.2, 0.25) is 0 Å². The maximum atomic E-state index is 9.32. The number of nitrogens with two attached hydrogens (primary N) is 1. The highest BCUT2D eigenvalue weighted by Gasteiger charge is 2.01. The number of hydrogen-bond acceptors (Lipinski definition) is 3. The summed E-state index contributed by atoms with van der Waals surface area (Å²) in [6.45, 7) is 1.10. The fraction of sp³-hybridized carbons (Fsp3) is 0.182. The molecule has 0 amide bonds. The number of benzene rings is 1. The maximum absolute atomic E-state index is 9.32. The molecule has 0 aliphatic rings. The van der Waals surface area contributed by atoms with Gasteiger partial charge in [0.05, 0.1) is 6.54 Å². The van der Waals surface area contributed by atoms with E-state index < -0.39 is 0 Å². The maximum Gasteiger partial charge on any atom is 0.122 e. The average molecular weight is 203 g/mol. The summed E-state index contributed by atoms with van der Waals surface area (Å²) < 4.78 is 1.97. The molecule has 0 radical (unpaired) electrons. The Morgan fingerprint density at radius 1 is 1.40 bits per heavy atom. The molecule has 0 unspecified atom stereocenters. The summed E-state index contributed by atoms with van der Waals surface area (Å²) in [4.78, 5) is 4.13. The van der Waals surface area contributed by atoms with Crippen molar-refractivity contribution in [3.63, 3.8) is 0 Å². The molecule has 78 valence electrons. The lowest BCUT2D eigenvalue weighted by Crippen LogP contribution is -2.08. The lowest BCUT2D eigenvalue weighted by atomic mass is 10.2. The number of nitrogens with zero attached hydrogens (tertiary/aromatic N) is 2. The van der Waals surface area contributed by atoms with E-state index in [1.165, 1.54) is 0 Å². The number of rotatable bonds is 3. The van der Waals surface area contributed by atoms with Crippen molar-refractivity contribution in [1.29, 1.82) is 0 Å². The topological polar surface area (TPSA) is 64.1 Å². The molecule has 1 aromatic heterocycles. The van der Waals surface area contributed by atoms with Crippen molar-refractivity contribution < 1.29 is 5.11 Å². The van der Waals surface area contributed by atoms with Crippen molar-refractivity contribution >= 4 is 0 Å². The second-order valence-corrected chi connectivity index (χ2v) is 3.35. The molecule has 2 aromatic rings. The predicted octanol–water partition coefficient (Wildman–Crippen LogP) is 1.10. The van der Waals surface area contributed by atoms with Crippen molar-refractivity contribution in [3.8, 4) is 5.75 Å².